The molecule has 2 aromatic carbocycles. The standard InChI is InChI=1S/C22H21BrN2O3/c23-19-7-4-8-20(15-19)28-21-10-9-18(16-24-21)22(27)25(13-14-26)12-11-17-5-2-1-3-6-17/h1-10,15-16,26H,11-14H2. The van der Waals surface area contributed by atoms with Crippen LogP contribution in [0.4, 0.5) is 0 Å². The highest BCUT2D eigenvalue weighted by molar-refractivity contribution is 9.10. The Hall–Kier alpha value is -2.70. The normalized spacial score (nSPS) is 10.5. The molecule has 1 heterocycles. The Kier molecular flexibility index (Phi) is 7.17. The summed E-state index contributed by atoms with van der Waals surface area (Å²) in [6.07, 6.45) is 2.23. The summed E-state index contributed by atoms with van der Waals surface area (Å²) in [6, 6.07) is 20.8. The third-order valence-electron chi connectivity index (χ3n) is 4.17. The first kappa shape index (κ1) is 20.0. The summed E-state index contributed by atoms with van der Waals surface area (Å²) in [4.78, 5) is 18.7. The molecule has 0 fully saturated rings. The molecule has 0 atom stereocenters. The Labute approximate surface area is 172 Å². The van der Waals surface area contributed by atoms with Crippen molar-refractivity contribution in [3.05, 3.63) is 88.5 Å². The number of ether oxygens (including phenoxy) is 1. The molecule has 0 saturated heterocycles. The molecule has 3 rings (SSSR count). The van der Waals surface area contributed by atoms with E-state index in [0.29, 0.717) is 23.7 Å². The molecular weight excluding hydrogens is 420 g/mol. The van der Waals surface area contributed by atoms with Crippen LogP contribution >= 0.6 is 15.9 Å². The fraction of sp³-hybridized carbons (Fsp3) is 0.182. The summed E-state index contributed by atoms with van der Waals surface area (Å²) in [5.74, 6) is 0.907. The maximum Gasteiger partial charge on any atom is 0.255 e. The third kappa shape index (κ3) is 5.65. The van der Waals surface area contributed by atoms with Crippen molar-refractivity contribution in [1.29, 1.82) is 0 Å². The molecule has 1 amide bonds. The van der Waals surface area contributed by atoms with Crippen LogP contribution in [-0.2, 0) is 6.42 Å². The second-order valence-electron chi connectivity index (χ2n) is 6.20. The van der Waals surface area contributed by atoms with Gasteiger partial charge < -0.3 is 14.7 Å². The molecule has 6 heteroatoms. The van der Waals surface area contributed by atoms with Crippen molar-refractivity contribution in [2.75, 3.05) is 19.7 Å². The Balaban J connectivity index is 1.65. The van der Waals surface area contributed by atoms with Gasteiger partial charge in [-0.3, -0.25) is 4.79 Å². The Morgan fingerprint density at radius 3 is 2.54 bits per heavy atom. The van der Waals surface area contributed by atoms with Crippen LogP contribution in [-0.4, -0.2) is 40.6 Å². The number of benzene rings is 2. The molecule has 0 saturated carbocycles. The SMILES string of the molecule is O=C(c1ccc(Oc2cccc(Br)c2)nc1)N(CCO)CCc1ccccc1. The second kappa shape index (κ2) is 10.0. The number of amides is 1. The minimum Gasteiger partial charge on any atom is -0.439 e. The highest BCUT2D eigenvalue weighted by Crippen LogP contribution is 2.23. The van der Waals surface area contributed by atoms with Gasteiger partial charge in [0.25, 0.3) is 5.91 Å². The van der Waals surface area contributed by atoms with Gasteiger partial charge >= 0.3 is 0 Å². The quantitative estimate of drug-likeness (QED) is 0.566. The van der Waals surface area contributed by atoms with Crippen molar-refractivity contribution in [2.24, 2.45) is 0 Å². The van der Waals surface area contributed by atoms with Gasteiger partial charge in [-0.05, 0) is 36.2 Å². The third-order valence-corrected chi connectivity index (χ3v) is 4.67. The first-order valence-electron chi connectivity index (χ1n) is 8.99. The monoisotopic (exact) mass is 440 g/mol. The number of nitrogens with zero attached hydrogens (tertiary/aromatic N) is 2. The molecule has 0 radical (unpaired) electrons. The van der Waals surface area contributed by atoms with Crippen LogP contribution in [0.3, 0.4) is 0 Å². The van der Waals surface area contributed by atoms with Gasteiger partial charge in [-0.1, -0.05) is 52.3 Å². The summed E-state index contributed by atoms with van der Waals surface area (Å²) in [6.45, 7) is 0.722. The number of hydrogen-bond acceptors (Lipinski definition) is 4. The minimum absolute atomic E-state index is 0.0853. The lowest BCUT2D eigenvalue weighted by Crippen LogP contribution is -2.35. The number of carbonyl (C=O) groups is 1. The van der Waals surface area contributed by atoms with Crippen LogP contribution in [0.25, 0.3) is 0 Å². The van der Waals surface area contributed by atoms with E-state index in [9.17, 15) is 9.90 Å². The molecule has 0 aliphatic heterocycles. The summed E-state index contributed by atoms with van der Waals surface area (Å²) < 4.78 is 6.61. The number of rotatable bonds is 8. The maximum absolute atomic E-state index is 12.8. The van der Waals surface area contributed by atoms with Gasteiger partial charge in [0.1, 0.15) is 5.75 Å². The van der Waals surface area contributed by atoms with Gasteiger partial charge in [0.05, 0.1) is 12.2 Å². The summed E-state index contributed by atoms with van der Waals surface area (Å²) in [5, 5.41) is 9.33. The molecule has 28 heavy (non-hydrogen) atoms. The topological polar surface area (TPSA) is 62.7 Å². The first-order chi connectivity index (χ1) is 13.7. The highest BCUT2D eigenvalue weighted by atomic mass is 79.9. The molecule has 0 spiro atoms. The summed E-state index contributed by atoms with van der Waals surface area (Å²) >= 11 is 3.40. The molecule has 0 unspecified atom stereocenters. The van der Waals surface area contributed by atoms with Gasteiger partial charge in [-0.2, -0.15) is 0 Å². The molecule has 0 bridgehead atoms. The lowest BCUT2D eigenvalue weighted by atomic mass is 10.1. The van der Waals surface area contributed by atoms with Crippen molar-refractivity contribution >= 4 is 21.8 Å². The summed E-state index contributed by atoms with van der Waals surface area (Å²) in [7, 11) is 0. The lowest BCUT2D eigenvalue weighted by Gasteiger charge is -2.22. The van der Waals surface area contributed by atoms with Crippen LogP contribution in [0.1, 0.15) is 15.9 Å². The predicted octanol–water partition coefficient (Wildman–Crippen LogP) is 4.31. The molecule has 144 valence electrons. The molecular formula is C22H21BrN2O3. The first-order valence-corrected chi connectivity index (χ1v) is 9.78. The van der Waals surface area contributed by atoms with Crippen LogP contribution in [0.5, 0.6) is 11.6 Å². The van der Waals surface area contributed by atoms with Crippen molar-refractivity contribution in [3.63, 3.8) is 0 Å². The Bertz CT molecular complexity index is 901. The number of aromatic nitrogens is 1. The van der Waals surface area contributed by atoms with Gasteiger partial charge in [0, 0.05) is 29.8 Å². The molecule has 1 N–H and O–H groups in total. The predicted molar refractivity (Wildman–Crippen MR) is 112 cm³/mol. The largest absolute Gasteiger partial charge is 0.439 e. The van der Waals surface area contributed by atoms with Crippen molar-refractivity contribution in [2.45, 2.75) is 6.42 Å². The smallest absolute Gasteiger partial charge is 0.255 e. The molecule has 1 aromatic heterocycles. The second-order valence-corrected chi connectivity index (χ2v) is 7.11. The van der Waals surface area contributed by atoms with Crippen LogP contribution in [0, 0.1) is 0 Å². The van der Waals surface area contributed by atoms with Gasteiger partial charge in [0.2, 0.25) is 5.88 Å². The number of hydrogen-bond donors (Lipinski definition) is 1. The van der Waals surface area contributed by atoms with Gasteiger partial charge in [-0.15, -0.1) is 0 Å². The number of aliphatic hydroxyl groups is 1. The van der Waals surface area contributed by atoms with E-state index in [0.717, 1.165) is 16.5 Å². The lowest BCUT2D eigenvalue weighted by molar-refractivity contribution is 0.0723. The van der Waals surface area contributed by atoms with Crippen LogP contribution in [0.15, 0.2) is 77.4 Å². The average molecular weight is 441 g/mol. The van der Waals surface area contributed by atoms with E-state index in [1.54, 1.807) is 17.0 Å². The highest BCUT2D eigenvalue weighted by Gasteiger charge is 2.16. The van der Waals surface area contributed by atoms with E-state index in [4.69, 9.17) is 4.74 Å². The number of pyridine rings is 1. The molecule has 3 aromatic rings. The van der Waals surface area contributed by atoms with Crippen molar-refractivity contribution < 1.29 is 14.6 Å². The summed E-state index contributed by atoms with van der Waals surface area (Å²) in [5.41, 5.74) is 1.61. The Morgan fingerprint density at radius 1 is 1.04 bits per heavy atom. The van der Waals surface area contributed by atoms with Crippen molar-refractivity contribution in [1.82, 2.24) is 9.88 Å². The maximum atomic E-state index is 12.8. The fourth-order valence-corrected chi connectivity index (χ4v) is 3.12. The van der Waals surface area contributed by atoms with E-state index >= 15 is 0 Å². The molecule has 0 aliphatic carbocycles. The van der Waals surface area contributed by atoms with E-state index < -0.39 is 0 Å². The van der Waals surface area contributed by atoms with E-state index in [1.807, 2.05) is 54.6 Å². The minimum atomic E-state index is -0.161. The molecule has 5 nitrogen and oxygen atoms in total. The van der Waals surface area contributed by atoms with Crippen LogP contribution in [0.2, 0.25) is 0 Å². The van der Waals surface area contributed by atoms with Crippen LogP contribution < -0.4 is 4.74 Å². The fourth-order valence-electron chi connectivity index (χ4n) is 2.75. The number of aliphatic hydroxyl groups excluding tert-OH is 1. The van der Waals surface area contributed by atoms with Crippen molar-refractivity contribution in [3.8, 4) is 11.6 Å². The zero-order valence-corrected chi connectivity index (χ0v) is 16.9. The van der Waals surface area contributed by atoms with E-state index in [2.05, 4.69) is 20.9 Å². The number of carbonyl (C=O) groups excluding carboxylic acids is 1. The van der Waals surface area contributed by atoms with E-state index in [1.165, 1.54) is 6.20 Å². The zero-order chi connectivity index (χ0) is 19.8. The van der Waals surface area contributed by atoms with E-state index in [-0.39, 0.29) is 19.1 Å². The average Bonchev–Trinajstić information content (AvgIpc) is 2.72. The van der Waals surface area contributed by atoms with Gasteiger partial charge in [-0.25, -0.2) is 4.98 Å². The number of halogens is 1. The molecule has 0 aliphatic rings. The van der Waals surface area contributed by atoms with Gasteiger partial charge in [0.15, 0.2) is 0 Å². The Morgan fingerprint density at radius 2 is 1.86 bits per heavy atom. The zero-order valence-electron chi connectivity index (χ0n) is 15.3.